The highest BCUT2D eigenvalue weighted by atomic mass is 32.2. The predicted octanol–water partition coefficient (Wildman–Crippen LogP) is 2.97. The molecule has 6 heteroatoms. The maximum atomic E-state index is 13.0. The van der Waals surface area contributed by atoms with Gasteiger partial charge >= 0.3 is 0 Å². The Balaban J connectivity index is 2.47. The number of nitrogens with one attached hydrogen (secondary N) is 1. The third-order valence-electron chi connectivity index (χ3n) is 2.71. The minimum absolute atomic E-state index is 0.00605. The molecule has 0 spiro atoms. The average molecular weight is 317 g/mol. The van der Waals surface area contributed by atoms with Gasteiger partial charge in [0, 0.05) is 4.90 Å². The van der Waals surface area contributed by atoms with Gasteiger partial charge in [-0.3, -0.25) is 4.79 Å². The lowest BCUT2D eigenvalue weighted by Crippen LogP contribution is -2.40. The Bertz CT molecular complexity index is 489. The van der Waals surface area contributed by atoms with E-state index in [4.69, 9.17) is 0 Å². The standard InChI is InChI=1S/C15H21F2NO2S/c1-15(2,3)7-10(8-19)18-14(20)9-21-11-4-5-12(16)13(17)6-11/h4-6,10,19H,7-9H2,1-3H3,(H,18,20). The molecule has 1 atom stereocenters. The molecule has 0 radical (unpaired) electrons. The van der Waals surface area contributed by atoms with E-state index in [0.29, 0.717) is 11.3 Å². The third kappa shape index (κ3) is 6.91. The highest BCUT2D eigenvalue weighted by Crippen LogP contribution is 2.22. The van der Waals surface area contributed by atoms with Gasteiger partial charge in [0.2, 0.25) is 5.91 Å². The summed E-state index contributed by atoms with van der Waals surface area (Å²) in [6.45, 7) is 5.95. The van der Waals surface area contributed by atoms with Crippen LogP contribution in [0.4, 0.5) is 8.78 Å². The number of carbonyl (C=O) groups excluding carboxylic acids is 1. The first-order chi connectivity index (χ1) is 9.71. The van der Waals surface area contributed by atoms with E-state index in [1.54, 1.807) is 0 Å². The van der Waals surface area contributed by atoms with E-state index in [2.05, 4.69) is 5.32 Å². The molecule has 1 amide bonds. The maximum absolute atomic E-state index is 13.0. The van der Waals surface area contributed by atoms with Gasteiger partial charge < -0.3 is 10.4 Å². The molecule has 1 aromatic rings. The Kier molecular flexibility index (Phi) is 6.61. The Morgan fingerprint density at radius 2 is 2.00 bits per heavy atom. The second-order valence-electron chi connectivity index (χ2n) is 6.08. The molecule has 3 nitrogen and oxygen atoms in total. The third-order valence-corrected chi connectivity index (χ3v) is 3.70. The number of halogens is 2. The Labute approximate surface area is 128 Å². The molecule has 2 N–H and O–H groups in total. The highest BCUT2D eigenvalue weighted by molar-refractivity contribution is 8.00. The predicted molar refractivity (Wildman–Crippen MR) is 80.2 cm³/mol. The normalized spacial score (nSPS) is 13.0. The fraction of sp³-hybridized carbons (Fsp3) is 0.533. The fourth-order valence-electron chi connectivity index (χ4n) is 1.89. The summed E-state index contributed by atoms with van der Waals surface area (Å²) in [5.74, 6) is -1.99. The maximum Gasteiger partial charge on any atom is 0.230 e. The summed E-state index contributed by atoms with van der Waals surface area (Å²) in [7, 11) is 0. The van der Waals surface area contributed by atoms with Crippen LogP contribution in [0.3, 0.4) is 0 Å². The number of benzene rings is 1. The van der Waals surface area contributed by atoms with Gasteiger partial charge in [-0.25, -0.2) is 8.78 Å². The van der Waals surface area contributed by atoms with Crippen molar-refractivity contribution in [3.8, 4) is 0 Å². The minimum atomic E-state index is -0.929. The van der Waals surface area contributed by atoms with E-state index in [0.717, 1.165) is 23.9 Å². The van der Waals surface area contributed by atoms with E-state index in [1.807, 2.05) is 20.8 Å². The molecule has 118 valence electrons. The van der Waals surface area contributed by atoms with Crippen LogP contribution in [0.25, 0.3) is 0 Å². The summed E-state index contributed by atoms with van der Waals surface area (Å²) in [4.78, 5) is 12.3. The van der Waals surface area contributed by atoms with Crippen LogP contribution in [0.2, 0.25) is 0 Å². The van der Waals surface area contributed by atoms with Crippen molar-refractivity contribution in [2.45, 2.75) is 38.1 Å². The van der Waals surface area contributed by atoms with Crippen molar-refractivity contribution in [2.75, 3.05) is 12.4 Å². The monoisotopic (exact) mass is 317 g/mol. The molecule has 1 rings (SSSR count). The van der Waals surface area contributed by atoms with E-state index in [1.165, 1.54) is 6.07 Å². The molecule has 0 bridgehead atoms. The number of hydrogen-bond acceptors (Lipinski definition) is 3. The van der Waals surface area contributed by atoms with Gasteiger partial charge in [0.25, 0.3) is 0 Å². The zero-order chi connectivity index (χ0) is 16.0. The first-order valence-corrected chi connectivity index (χ1v) is 7.68. The van der Waals surface area contributed by atoms with Crippen LogP contribution >= 0.6 is 11.8 Å². The lowest BCUT2D eigenvalue weighted by atomic mass is 9.88. The molecular weight excluding hydrogens is 296 g/mol. The molecule has 21 heavy (non-hydrogen) atoms. The summed E-state index contributed by atoms with van der Waals surface area (Å²) >= 11 is 1.12. The molecule has 0 aliphatic carbocycles. The summed E-state index contributed by atoms with van der Waals surface area (Å²) in [6.07, 6.45) is 0.658. The van der Waals surface area contributed by atoms with E-state index >= 15 is 0 Å². The minimum Gasteiger partial charge on any atom is -0.394 e. The van der Waals surface area contributed by atoms with Crippen LogP contribution in [-0.2, 0) is 4.79 Å². The van der Waals surface area contributed by atoms with Crippen LogP contribution in [0.1, 0.15) is 27.2 Å². The van der Waals surface area contributed by atoms with Crippen molar-refractivity contribution in [1.82, 2.24) is 5.32 Å². The first kappa shape index (κ1) is 17.9. The molecule has 0 aliphatic rings. The zero-order valence-electron chi connectivity index (χ0n) is 12.5. The van der Waals surface area contributed by atoms with Gasteiger partial charge in [-0.15, -0.1) is 11.8 Å². The topological polar surface area (TPSA) is 49.3 Å². The van der Waals surface area contributed by atoms with E-state index in [9.17, 15) is 18.7 Å². The van der Waals surface area contributed by atoms with Crippen LogP contribution in [0.5, 0.6) is 0 Å². The number of hydrogen-bond donors (Lipinski definition) is 2. The summed E-state index contributed by atoms with van der Waals surface area (Å²) in [5, 5.41) is 12.0. The van der Waals surface area contributed by atoms with Gasteiger partial charge in [-0.1, -0.05) is 20.8 Å². The lowest BCUT2D eigenvalue weighted by Gasteiger charge is -2.25. The first-order valence-electron chi connectivity index (χ1n) is 6.69. The molecule has 0 fully saturated rings. The Morgan fingerprint density at radius 1 is 1.33 bits per heavy atom. The van der Waals surface area contributed by atoms with Gasteiger partial charge in [0.05, 0.1) is 18.4 Å². The molecule has 0 aromatic heterocycles. The zero-order valence-corrected chi connectivity index (χ0v) is 13.3. The Morgan fingerprint density at radius 3 is 2.52 bits per heavy atom. The van der Waals surface area contributed by atoms with Gasteiger partial charge in [0.15, 0.2) is 11.6 Å². The van der Waals surface area contributed by atoms with Crippen molar-refractivity contribution >= 4 is 17.7 Å². The summed E-state index contributed by atoms with van der Waals surface area (Å²) in [6, 6.07) is 3.22. The number of rotatable bonds is 6. The van der Waals surface area contributed by atoms with Crippen LogP contribution in [-0.4, -0.2) is 29.4 Å². The highest BCUT2D eigenvalue weighted by Gasteiger charge is 2.19. The van der Waals surface area contributed by atoms with Crippen LogP contribution in [0.15, 0.2) is 23.1 Å². The quantitative estimate of drug-likeness (QED) is 0.793. The Hall–Kier alpha value is -1.14. The SMILES string of the molecule is CC(C)(C)CC(CO)NC(=O)CSc1ccc(F)c(F)c1. The number of thioether (sulfide) groups is 1. The molecule has 1 aromatic carbocycles. The van der Waals surface area contributed by atoms with Crippen LogP contribution < -0.4 is 5.32 Å². The van der Waals surface area contributed by atoms with Crippen molar-refractivity contribution in [3.05, 3.63) is 29.8 Å². The van der Waals surface area contributed by atoms with Gasteiger partial charge in [-0.05, 0) is 30.0 Å². The second-order valence-corrected chi connectivity index (χ2v) is 7.13. The van der Waals surface area contributed by atoms with Crippen molar-refractivity contribution in [1.29, 1.82) is 0 Å². The molecule has 0 aliphatic heterocycles. The summed E-state index contributed by atoms with van der Waals surface area (Å²) in [5.41, 5.74) is -0.00605. The molecule has 0 heterocycles. The van der Waals surface area contributed by atoms with Gasteiger partial charge in [0.1, 0.15) is 0 Å². The van der Waals surface area contributed by atoms with Crippen molar-refractivity contribution in [3.63, 3.8) is 0 Å². The van der Waals surface area contributed by atoms with E-state index in [-0.39, 0.29) is 29.7 Å². The van der Waals surface area contributed by atoms with Crippen molar-refractivity contribution in [2.24, 2.45) is 5.41 Å². The fourth-order valence-corrected chi connectivity index (χ4v) is 2.62. The van der Waals surface area contributed by atoms with Gasteiger partial charge in [-0.2, -0.15) is 0 Å². The largest absolute Gasteiger partial charge is 0.394 e. The average Bonchev–Trinajstić information content (AvgIpc) is 2.38. The van der Waals surface area contributed by atoms with E-state index < -0.39 is 11.6 Å². The second kappa shape index (κ2) is 7.75. The summed E-state index contributed by atoms with van der Waals surface area (Å²) < 4.78 is 25.8. The van der Waals surface area contributed by atoms with Crippen molar-refractivity contribution < 1.29 is 18.7 Å². The number of carbonyl (C=O) groups is 1. The molecule has 0 saturated heterocycles. The molecule has 1 unspecified atom stereocenters. The van der Waals surface area contributed by atoms with Crippen LogP contribution in [0, 0.1) is 17.0 Å². The molecular formula is C15H21F2NO2S. The smallest absolute Gasteiger partial charge is 0.230 e. The lowest BCUT2D eigenvalue weighted by molar-refractivity contribution is -0.119. The molecule has 0 saturated carbocycles. The number of aliphatic hydroxyl groups is 1. The number of amides is 1. The number of aliphatic hydroxyl groups excluding tert-OH is 1.